The average molecular weight is 287 g/mol. The molecule has 1 N–H and O–H groups in total. The number of benzene rings is 1. The molecule has 102 valence electrons. The second kappa shape index (κ2) is 5.28. The maximum Gasteiger partial charge on any atom is 0.152 e. The van der Waals surface area contributed by atoms with Gasteiger partial charge in [-0.1, -0.05) is 41.9 Å². The molecule has 1 saturated carbocycles. The molecule has 1 heterocycles. The number of halogens is 1. The van der Waals surface area contributed by atoms with Gasteiger partial charge in [-0.3, -0.25) is 10.00 Å². The Bertz CT molecular complexity index is 627. The fourth-order valence-electron chi connectivity index (χ4n) is 2.32. The lowest BCUT2D eigenvalue weighted by Gasteiger charge is -2.28. The number of rotatable bonds is 5. The van der Waals surface area contributed by atoms with Crippen LogP contribution in [-0.2, 0) is 12.1 Å². The van der Waals surface area contributed by atoms with Crippen molar-refractivity contribution >= 4 is 11.6 Å². The Hall–Kier alpha value is -1.83. The molecule has 0 saturated heterocycles. The van der Waals surface area contributed by atoms with E-state index in [1.165, 1.54) is 0 Å². The predicted molar refractivity (Wildman–Crippen MR) is 77.1 cm³/mol. The van der Waals surface area contributed by atoms with Crippen molar-refractivity contribution in [3.05, 3.63) is 53.3 Å². The van der Waals surface area contributed by atoms with Gasteiger partial charge in [-0.2, -0.15) is 10.4 Å². The van der Waals surface area contributed by atoms with Crippen molar-refractivity contribution in [1.29, 1.82) is 5.26 Å². The van der Waals surface area contributed by atoms with Crippen LogP contribution < -0.4 is 5.32 Å². The molecule has 0 spiro atoms. The lowest BCUT2D eigenvalue weighted by molar-refractivity contribution is 0.348. The van der Waals surface area contributed by atoms with E-state index in [0.717, 1.165) is 18.4 Å². The van der Waals surface area contributed by atoms with Crippen molar-refractivity contribution in [2.75, 3.05) is 0 Å². The van der Waals surface area contributed by atoms with Crippen LogP contribution in [0.25, 0.3) is 0 Å². The summed E-state index contributed by atoms with van der Waals surface area (Å²) < 4.78 is 1.72. The van der Waals surface area contributed by atoms with Crippen LogP contribution >= 0.6 is 11.6 Å². The van der Waals surface area contributed by atoms with Gasteiger partial charge in [0.15, 0.2) is 5.54 Å². The molecular weight excluding hydrogens is 272 g/mol. The van der Waals surface area contributed by atoms with Gasteiger partial charge in [-0.15, -0.1) is 0 Å². The third-order valence-electron chi connectivity index (χ3n) is 3.49. The van der Waals surface area contributed by atoms with Crippen molar-refractivity contribution < 1.29 is 0 Å². The average Bonchev–Trinajstić information content (AvgIpc) is 3.20. The maximum atomic E-state index is 9.79. The minimum Gasteiger partial charge on any atom is -0.291 e. The Morgan fingerprint density at radius 2 is 2.15 bits per heavy atom. The molecule has 3 rings (SSSR count). The number of aromatic nitrogens is 2. The van der Waals surface area contributed by atoms with Crippen LogP contribution in [0.4, 0.5) is 0 Å². The maximum absolute atomic E-state index is 9.79. The Labute approximate surface area is 123 Å². The van der Waals surface area contributed by atoms with Gasteiger partial charge in [0.2, 0.25) is 0 Å². The smallest absolute Gasteiger partial charge is 0.152 e. The van der Waals surface area contributed by atoms with Gasteiger partial charge in [0, 0.05) is 12.2 Å². The van der Waals surface area contributed by atoms with E-state index in [4.69, 9.17) is 11.6 Å². The Morgan fingerprint density at radius 1 is 1.40 bits per heavy atom. The third kappa shape index (κ3) is 2.69. The van der Waals surface area contributed by atoms with E-state index >= 15 is 0 Å². The molecule has 1 fully saturated rings. The second-order valence-corrected chi connectivity index (χ2v) is 5.59. The molecule has 0 radical (unpaired) electrons. The zero-order chi connectivity index (χ0) is 14.0. The molecule has 4 nitrogen and oxygen atoms in total. The highest BCUT2D eigenvalue weighted by molar-refractivity contribution is 6.30. The van der Waals surface area contributed by atoms with Gasteiger partial charge in [0.25, 0.3) is 0 Å². The minimum atomic E-state index is -0.766. The number of nitriles is 1. The molecular formula is C15H15ClN4. The standard InChI is InChI=1S/C15H15ClN4/c16-13-8-18-20(9-13)11-15(10-17,19-14-6-7-14)12-4-2-1-3-5-12/h1-5,8-9,14,19H,6-7,11H2. The molecule has 1 aliphatic carbocycles. The van der Waals surface area contributed by atoms with E-state index in [2.05, 4.69) is 16.5 Å². The van der Waals surface area contributed by atoms with E-state index in [9.17, 15) is 5.26 Å². The summed E-state index contributed by atoms with van der Waals surface area (Å²) in [6.07, 6.45) is 5.57. The number of nitrogens with one attached hydrogen (secondary N) is 1. The van der Waals surface area contributed by atoms with Crippen molar-refractivity contribution in [2.45, 2.75) is 31.0 Å². The SMILES string of the molecule is N#CC(Cn1cc(Cl)cn1)(NC1CC1)c1ccccc1. The summed E-state index contributed by atoms with van der Waals surface area (Å²) in [5, 5.41) is 18.0. The van der Waals surface area contributed by atoms with E-state index in [-0.39, 0.29) is 0 Å². The number of nitrogens with zero attached hydrogens (tertiary/aromatic N) is 3. The molecule has 2 aromatic rings. The van der Waals surface area contributed by atoms with Gasteiger partial charge >= 0.3 is 0 Å². The number of hydrogen-bond acceptors (Lipinski definition) is 3. The molecule has 20 heavy (non-hydrogen) atoms. The normalized spacial score (nSPS) is 17.4. The highest BCUT2D eigenvalue weighted by atomic mass is 35.5. The van der Waals surface area contributed by atoms with Gasteiger partial charge in [0.05, 0.1) is 23.8 Å². The zero-order valence-corrected chi connectivity index (χ0v) is 11.7. The van der Waals surface area contributed by atoms with Crippen LogP contribution in [0.1, 0.15) is 18.4 Å². The summed E-state index contributed by atoms with van der Waals surface area (Å²) in [5.74, 6) is 0. The summed E-state index contributed by atoms with van der Waals surface area (Å²) in [5.41, 5.74) is 0.193. The van der Waals surface area contributed by atoms with Crippen LogP contribution in [0.15, 0.2) is 42.7 Å². The highest BCUT2D eigenvalue weighted by Gasteiger charge is 2.38. The topological polar surface area (TPSA) is 53.6 Å². The van der Waals surface area contributed by atoms with Crippen molar-refractivity contribution in [3.8, 4) is 6.07 Å². The molecule has 1 atom stereocenters. The molecule has 0 amide bonds. The summed E-state index contributed by atoms with van der Waals surface area (Å²) in [4.78, 5) is 0. The van der Waals surface area contributed by atoms with Crippen LogP contribution in [0, 0.1) is 11.3 Å². The third-order valence-corrected chi connectivity index (χ3v) is 3.68. The van der Waals surface area contributed by atoms with Crippen LogP contribution in [0.3, 0.4) is 0 Å². The van der Waals surface area contributed by atoms with E-state index < -0.39 is 5.54 Å². The Balaban J connectivity index is 1.95. The molecule has 0 aliphatic heterocycles. The van der Waals surface area contributed by atoms with E-state index in [1.807, 2.05) is 30.3 Å². The van der Waals surface area contributed by atoms with Gasteiger partial charge in [-0.05, 0) is 18.4 Å². The van der Waals surface area contributed by atoms with Crippen molar-refractivity contribution in [2.24, 2.45) is 0 Å². The molecule has 1 aromatic heterocycles. The van der Waals surface area contributed by atoms with Gasteiger partial charge in [-0.25, -0.2) is 0 Å². The highest BCUT2D eigenvalue weighted by Crippen LogP contribution is 2.30. The predicted octanol–water partition coefficient (Wildman–Crippen LogP) is 2.71. The molecule has 0 bridgehead atoms. The Kier molecular flexibility index (Phi) is 3.47. The fourth-order valence-corrected chi connectivity index (χ4v) is 2.48. The summed E-state index contributed by atoms with van der Waals surface area (Å²) in [7, 11) is 0. The Morgan fingerprint density at radius 3 is 2.70 bits per heavy atom. The summed E-state index contributed by atoms with van der Waals surface area (Å²) in [6, 6.07) is 12.7. The summed E-state index contributed by atoms with van der Waals surface area (Å²) >= 11 is 5.91. The summed E-state index contributed by atoms with van der Waals surface area (Å²) in [6.45, 7) is 0.441. The van der Waals surface area contributed by atoms with Crippen molar-refractivity contribution in [1.82, 2.24) is 15.1 Å². The first-order valence-corrected chi connectivity index (χ1v) is 7.02. The van der Waals surface area contributed by atoms with E-state index in [1.54, 1.807) is 17.1 Å². The first kappa shape index (κ1) is 13.2. The van der Waals surface area contributed by atoms with E-state index in [0.29, 0.717) is 17.6 Å². The second-order valence-electron chi connectivity index (χ2n) is 5.16. The zero-order valence-electron chi connectivity index (χ0n) is 11.0. The molecule has 1 aromatic carbocycles. The van der Waals surface area contributed by atoms with Gasteiger partial charge < -0.3 is 0 Å². The van der Waals surface area contributed by atoms with Crippen LogP contribution in [0.5, 0.6) is 0 Å². The van der Waals surface area contributed by atoms with Crippen LogP contribution in [0.2, 0.25) is 5.02 Å². The quantitative estimate of drug-likeness (QED) is 0.919. The molecule has 5 heteroatoms. The van der Waals surface area contributed by atoms with Gasteiger partial charge in [0.1, 0.15) is 0 Å². The lowest BCUT2D eigenvalue weighted by atomic mass is 9.91. The van der Waals surface area contributed by atoms with Crippen LogP contribution in [-0.4, -0.2) is 15.8 Å². The van der Waals surface area contributed by atoms with Crippen molar-refractivity contribution in [3.63, 3.8) is 0 Å². The largest absolute Gasteiger partial charge is 0.291 e. The number of hydrogen-bond donors (Lipinski definition) is 1. The first-order chi connectivity index (χ1) is 9.72. The lowest BCUT2D eigenvalue weighted by Crippen LogP contribution is -2.46. The first-order valence-electron chi connectivity index (χ1n) is 6.64. The minimum absolute atomic E-state index is 0.417. The molecule has 1 unspecified atom stereocenters. The molecule has 1 aliphatic rings. The monoisotopic (exact) mass is 286 g/mol. The fraction of sp³-hybridized carbons (Fsp3) is 0.333.